The van der Waals surface area contributed by atoms with Crippen molar-refractivity contribution < 1.29 is 19.4 Å². The van der Waals surface area contributed by atoms with Gasteiger partial charge in [-0.05, 0) is 25.0 Å². The number of hydrogen-bond acceptors (Lipinski definition) is 4. The summed E-state index contributed by atoms with van der Waals surface area (Å²) >= 11 is 11.7. The number of halogens is 7. The first kappa shape index (κ1) is 20.5. The fourth-order valence-corrected chi connectivity index (χ4v) is 4.31. The highest BCUT2D eigenvalue weighted by molar-refractivity contribution is 8.45. The van der Waals surface area contributed by atoms with Gasteiger partial charge in [-0.3, -0.25) is 0 Å². The molecule has 1 aliphatic carbocycles. The van der Waals surface area contributed by atoms with Crippen LogP contribution < -0.4 is 5.32 Å². The van der Waals surface area contributed by atoms with Gasteiger partial charge in [-0.1, -0.05) is 42.6 Å². The maximum atomic E-state index is 13.1. The lowest BCUT2D eigenvalue weighted by molar-refractivity contribution is 0.364. The molecule has 1 heterocycles. The molecule has 1 aliphatic rings. The summed E-state index contributed by atoms with van der Waals surface area (Å²) in [6.45, 7) is 0. The molecule has 0 atom stereocenters. The van der Waals surface area contributed by atoms with Crippen LogP contribution in [0.3, 0.4) is 0 Å². The highest BCUT2D eigenvalue weighted by atomic mass is 35.5. The van der Waals surface area contributed by atoms with E-state index in [2.05, 4.69) is 16.5 Å². The number of nitrogens with zero attached hydrogens (tertiary/aromatic N) is 4. The van der Waals surface area contributed by atoms with Crippen LogP contribution in [0.1, 0.15) is 24.1 Å². The van der Waals surface area contributed by atoms with Gasteiger partial charge in [-0.2, -0.15) is 15.6 Å². The molecule has 1 aromatic heterocycles. The Morgan fingerprint density at radius 2 is 1.68 bits per heavy atom. The second kappa shape index (κ2) is 5.44. The van der Waals surface area contributed by atoms with Crippen LogP contribution in [0.15, 0.2) is 17.0 Å². The molecule has 1 N–H and O–H groups in total. The molecule has 0 radical (unpaired) electrons. The minimum absolute atomic E-state index is 0.0638. The number of benzene rings is 1. The van der Waals surface area contributed by atoms with Gasteiger partial charge in [0.05, 0.1) is 27.1 Å². The van der Waals surface area contributed by atoms with E-state index in [9.17, 15) is 30.0 Å². The first-order chi connectivity index (χ1) is 12.7. The predicted molar refractivity (Wildman–Crippen MR) is 95.8 cm³/mol. The summed E-state index contributed by atoms with van der Waals surface area (Å²) in [5.41, 5.74) is -1.18. The average molecular weight is 458 g/mol. The Morgan fingerprint density at radius 1 is 1.14 bits per heavy atom. The van der Waals surface area contributed by atoms with Crippen molar-refractivity contribution in [2.24, 2.45) is 0 Å². The quantitative estimate of drug-likeness (QED) is 0.546. The third-order valence-electron chi connectivity index (χ3n) is 4.32. The molecule has 150 valence electrons. The summed E-state index contributed by atoms with van der Waals surface area (Å²) in [5, 5.41) is 24.0. The van der Waals surface area contributed by atoms with Gasteiger partial charge in [0.15, 0.2) is 5.69 Å². The Hall–Kier alpha value is -2.21. The predicted octanol–water partition coefficient (Wildman–Crippen LogP) is 6.31. The molecule has 0 spiro atoms. The molecule has 0 aliphatic heterocycles. The lowest BCUT2D eigenvalue weighted by Gasteiger charge is -2.40. The molecule has 0 saturated heterocycles. The molecule has 1 aromatic carbocycles. The number of nitrogens with one attached hydrogen (secondary N) is 1. The number of hydrogen-bond donors (Lipinski definition) is 1. The number of nitriles is 2. The van der Waals surface area contributed by atoms with E-state index >= 15 is 0 Å². The maximum absolute atomic E-state index is 13.1. The van der Waals surface area contributed by atoms with Crippen LogP contribution >= 0.6 is 33.4 Å². The third-order valence-corrected chi connectivity index (χ3v) is 6.02. The van der Waals surface area contributed by atoms with Gasteiger partial charge in [0, 0.05) is 7.05 Å². The Bertz CT molecular complexity index is 1070. The Balaban J connectivity index is 2.30. The van der Waals surface area contributed by atoms with Gasteiger partial charge in [0.1, 0.15) is 22.5 Å². The van der Waals surface area contributed by atoms with Crippen molar-refractivity contribution in [3.8, 4) is 17.8 Å². The fourth-order valence-electron chi connectivity index (χ4n) is 2.85. The lowest BCUT2D eigenvalue weighted by atomic mass is 9.97. The first-order valence-corrected chi connectivity index (χ1v) is 10.2. The Kier molecular flexibility index (Phi) is 3.99. The second-order valence-corrected chi connectivity index (χ2v) is 9.47. The molecule has 1 fully saturated rings. The van der Waals surface area contributed by atoms with E-state index in [1.54, 1.807) is 0 Å². The summed E-state index contributed by atoms with van der Waals surface area (Å²) in [4.78, 5) is -2.24. The topological polar surface area (TPSA) is 77.4 Å². The van der Waals surface area contributed by atoms with Gasteiger partial charge >= 0.3 is 10.2 Å². The van der Waals surface area contributed by atoms with E-state index in [1.165, 1.54) is 7.05 Å². The van der Waals surface area contributed by atoms with Crippen molar-refractivity contribution >= 4 is 39.2 Å². The zero-order valence-electron chi connectivity index (χ0n) is 13.9. The van der Waals surface area contributed by atoms with Crippen LogP contribution in [-0.4, -0.2) is 16.8 Å². The molecule has 0 bridgehead atoms. The summed E-state index contributed by atoms with van der Waals surface area (Å²) in [7, 11) is -8.57. The highest BCUT2D eigenvalue weighted by Crippen LogP contribution is 3.02. The molecule has 28 heavy (non-hydrogen) atoms. The smallest absolute Gasteiger partial charge is 0.310 e. The monoisotopic (exact) mass is 457 g/mol. The van der Waals surface area contributed by atoms with Crippen LogP contribution in [-0.2, 0) is 5.41 Å². The Labute approximate surface area is 166 Å². The largest absolute Gasteiger partial charge is 0.373 e. The summed E-state index contributed by atoms with van der Waals surface area (Å²) in [6, 6.07) is 4.05. The molecule has 1 saturated carbocycles. The number of anilines is 1. The van der Waals surface area contributed by atoms with Crippen molar-refractivity contribution in [3.05, 3.63) is 33.4 Å². The van der Waals surface area contributed by atoms with Crippen molar-refractivity contribution in [1.29, 1.82) is 10.5 Å². The summed E-state index contributed by atoms with van der Waals surface area (Å²) in [5.74, 6) is 0.111. The molecule has 5 nitrogen and oxygen atoms in total. The third kappa shape index (κ3) is 3.24. The molecular weight excluding hydrogens is 448 g/mol. The zero-order valence-corrected chi connectivity index (χ0v) is 16.2. The normalized spacial score (nSPS) is 17.8. The van der Waals surface area contributed by atoms with Crippen molar-refractivity contribution in [1.82, 2.24) is 9.78 Å². The molecular formula is C15H10Cl2F5N5S. The van der Waals surface area contributed by atoms with Gasteiger partial charge in [-0.15, -0.1) is 0 Å². The van der Waals surface area contributed by atoms with Gasteiger partial charge in [0.25, 0.3) is 0 Å². The average Bonchev–Trinajstić information content (AvgIpc) is 3.26. The van der Waals surface area contributed by atoms with Crippen LogP contribution in [0.25, 0.3) is 5.69 Å². The van der Waals surface area contributed by atoms with E-state index in [-0.39, 0.29) is 34.9 Å². The number of aromatic nitrogens is 2. The second-order valence-electron chi connectivity index (χ2n) is 6.24. The van der Waals surface area contributed by atoms with Crippen molar-refractivity contribution in [2.45, 2.75) is 23.2 Å². The van der Waals surface area contributed by atoms with Gasteiger partial charge in [-0.25, -0.2) is 4.68 Å². The maximum Gasteiger partial charge on any atom is 0.310 e. The minimum atomic E-state index is -10.0. The zero-order chi connectivity index (χ0) is 21.2. The van der Waals surface area contributed by atoms with Crippen LogP contribution in [0, 0.1) is 22.7 Å². The van der Waals surface area contributed by atoms with Gasteiger partial charge in [0.2, 0.25) is 0 Å². The van der Waals surface area contributed by atoms with Crippen LogP contribution in [0.5, 0.6) is 0 Å². The van der Waals surface area contributed by atoms with Gasteiger partial charge < -0.3 is 5.32 Å². The van der Waals surface area contributed by atoms with E-state index < -0.39 is 30.6 Å². The molecule has 0 amide bonds. The van der Waals surface area contributed by atoms with E-state index in [1.807, 2.05) is 6.07 Å². The molecule has 13 heteroatoms. The van der Waals surface area contributed by atoms with E-state index in [0.717, 1.165) is 4.68 Å². The minimum Gasteiger partial charge on any atom is -0.373 e. The van der Waals surface area contributed by atoms with Crippen LogP contribution in [0.2, 0.25) is 10.0 Å². The molecule has 3 rings (SSSR count). The Morgan fingerprint density at radius 3 is 2.04 bits per heavy atom. The number of rotatable bonds is 4. The highest BCUT2D eigenvalue weighted by Gasteiger charge is 2.65. The standard InChI is InChI=1S/C15H10Cl2F5N5S/c1-25-14-12(15(7-24)2-3-15)11(6-23)26-27(14)13-9(16)4-8(5-10(13)17)28(18,19,20,21)22/h4-5,25H,2-3H2,1H3. The van der Waals surface area contributed by atoms with E-state index in [0.29, 0.717) is 12.8 Å². The fraction of sp³-hybridized carbons (Fsp3) is 0.267. The first-order valence-electron chi connectivity index (χ1n) is 7.53. The molecule has 0 unspecified atom stereocenters. The van der Waals surface area contributed by atoms with Crippen molar-refractivity contribution in [2.75, 3.05) is 12.4 Å². The van der Waals surface area contributed by atoms with Crippen LogP contribution in [0.4, 0.5) is 25.2 Å². The lowest BCUT2D eigenvalue weighted by Crippen LogP contribution is -2.11. The van der Waals surface area contributed by atoms with E-state index in [4.69, 9.17) is 23.2 Å². The summed E-state index contributed by atoms with van der Waals surface area (Å²) in [6.07, 6.45) is 0.923. The SMILES string of the molecule is CNc1c(C2(C#N)CC2)c(C#N)nn1-c1c(Cl)cc(S(F)(F)(F)(F)F)cc1Cl. The summed E-state index contributed by atoms with van der Waals surface area (Å²) < 4.78 is 66.4. The molecule has 2 aromatic rings. The van der Waals surface area contributed by atoms with Crippen molar-refractivity contribution in [3.63, 3.8) is 0 Å².